The molecule has 1 amide bonds. The summed E-state index contributed by atoms with van der Waals surface area (Å²) in [6.07, 6.45) is 2.86. The average Bonchev–Trinajstić information content (AvgIpc) is 2.59. The smallest absolute Gasteiger partial charge is 0.225 e. The lowest BCUT2D eigenvalue weighted by Crippen LogP contribution is -2.37. The topological polar surface area (TPSA) is 48.0 Å². The molecule has 1 aromatic carbocycles. The van der Waals surface area contributed by atoms with Crippen molar-refractivity contribution >= 4 is 11.5 Å². The first kappa shape index (κ1) is 17.2. The summed E-state index contributed by atoms with van der Waals surface area (Å²) in [7, 11) is 4.88. The summed E-state index contributed by atoms with van der Waals surface area (Å²) in [4.78, 5) is 14.0. The number of hydrogen-bond acceptors (Lipinski definition) is 4. The highest BCUT2D eigenvalue weighted by Gasteiger charge is 2.23. The van der Waals surface area contributed by atoms with Gasteiger partial charge in [-0.1, -0.05) is 19.9 Å². The molecule has 1 aromatic rings. The van der Waals surface area contributed by atoms with Crippen LogP contribution in [0.15, 0.2) is 18.2 Å². The molecule has 2 rings (SSSR count). The van der Waals surface area contributed by atoms with Crippen LogP contribution in [0.2, 0.25) is 0 Å². The molecule has 0 N–H and O–H groups in total. The molecule has 0 fully saturated rings. The largest absolute Gasteiger partial charge is 0.496 e. The molecule has 0 aliphatic carbocycles. The molecule has 0 bridgehead atoms. The molecule has 0 radical (unpaired) electrons. The summed E-state index contributed by atoms with van der Waals surface area (Å²) in [5.41, 5.74) is 2.07. The number of carbonyl (C=O) groups is 1. The van der Waals surface area contributed by atoms with Gasteiger partial charge in [-0.15, -0.1) is 0 Å². The lowest BCUT2D eigenvalue weighted by molar-refractivity contribution is -0.134. The second kappa shape index (κ2) is 7.40. The molecule has 126 valence electrons. The standard InChI is InChI=1S/C18H25NO4/c1-12(2)18(20)19-8-6-13(7-9-19)17-15(22-4)10-14(21-3)11-16(17)23-5/h6,10-12H,7-9H2,1-5H3. The summed E-state index contributed by atoms with van der Waals surface area (Å²) < 4.78 is 16.3. The normalized spacial score (nSPS) is 14.5. The van der Waals surface area contributed by atoms with E-state index in [9.17, 15) is 4.79 Å². The summed E-state index contributed by atoms with van der Waals surface area (Å²) in [5.74, 6) is 2.34. The van der Waals surface area contributed by atoms with Crippen LogP contribution in [0, 0.1) is 5.92 Å². The molecule has 0 aromatic heterocycles. The molecular weight excluding hydrogens is 294 g/mol. The zero-order valence-corrected chi connectivity index (χ0v) is 14.5. The number of nitrogens with zero attached hydrogens (tertiary/aromatic N) is 1. The third-order valence-electron chi connectivity index (χ3n) is 4.05. The molecule has 0 unspecified atom stereocenters. The molecule has 5 nitrogen and oxygen atoms in total. The Bertz CT molecular complexity index is 582. The summed E-state index contributed by atoms with van der Waals surface area (Å²) >= 11 is 0. The van der Waals surface area contributed by atoms with Crippen molar-refractivity contribution < 1.29 is 19.0 Å². The summed E-state index contributed by atoms with van der Waals surface area (Å²) in [6.45, 7) is 5.18. The predicted octanol–water partition coefficient (Wildman–Crippen LogP) is 2.98. The van der Waals surface area contributed by atoms with Crippen LogP contribution < -0.4 is 14.2 Å². The number of ether oxygens (including phenoxy) is 3. The fourth-order valence-electron chi connectivity index (χ4n) is 2.78. The van der Waals surface area contributed by atoms with Crippen molar-refractivity contribution in [3.63, 3.8) is 0 Å². The Morgan fingerprint density at radius 2 is 1.70 bits per heavy atom. The maximum atomic E-state index is 12.1. The zero-order chi connectivity index (χ0) is 17.0. The van der Waals surface area contributed by atoms with Crippen molar-refractivity contribution in [2.24, 2.45) is 5.92 Å². The van der Waals surface area contributed by atoms with Crippen LogP contribution >= 0.6 is 0 Å². The highest BCUT2D eigenvalue weighted by Crippen LogP contribution is 2.40. The number of hydrogen-bond donors (Lipinski definition) is 0. The van der Waals surface area contributed by atoms with Gasteiger partial charge in [0.1, 0.15) is 17.2 Å². The van der Waals surface area contributed by atoms with Gasteiger partial charge in [-0.3, -0.25) is 4.79 Å². The third kappa shape index (κ3) is 3.60. The predicted molar refractivity (Wildman–Crippen MR) is 90.1 cm³/mol. The monoisotopic (exact) mass is 319 g/mol. The van der Waals surface area contributed by atoms with Gasteiger partial charge in [0.25, 0.3) is 0 Å². The highest BCUT2D eigenvalue weighted by molar-refractivity contribution is 5.82. The van der Waals surface area contributed by atoms with Gasteiger partial charge in [0.2, 0.25) is 5.91 Å². The van der Waals surface area contributed by atoms with E-state index in [4.69, 9.17) is 14.2 Å². The van der Waals surface area contributed by atoms with E-state index in [2.05, 4.69) is 6.08 Å². The van der Waals surface area contributed by atoms with Gasteiger partial charge in [-0.25, -0.2) is 0 Å². The van der Waals surface area contributed by atoms with Crippen LogP contribution in [-0.4, -0.2) is 45.2 Å². The van der Waals surface area contributed by atoms with Crippen molar-refractivity contribution in [2.45, 2.75) is 20.3 Å². The molecule has 0 spiro atoms. The van der Waals surface area contributed by atoms with E-state index in [-0.39, 0.29) is 11.8 Å². The molecule has 5 heteroatoms. The van der Waals surface area contributed by atoms with Crippen molar-refractivity contribution in [1.82, 2.24) is 4.90 Å². The number of rotatable bonds is 5. The van der Waals surface area contributed by atoms with Gasteiger partial charge < -0.3 is 19.1 Å². The second-order valence-corrected chi connectivity index (χ2v) is 5.83. The Morgan fingerprint density at radius 1 is 1.09 bits per heavy atom. The van der Waals surface area contributed by atoms with Crippen LogP contribution in [0.4, 0.5) is 0 Å². The van der Waals surface area contributed by atoms with E-state index in [0.29, 0.717) is 18.8 Å². The zero-order valence-electron chi connectivity index (χ0n) is 14.5. The van der Waals surface area contributed by atoms with Crippen molar-refractivity contribution in [1.29, 1.82) is 0 Å². The lowest BCUT2D eigenvalue weighted by Gasteiger charge is -2.29. The van der Waals surface area contributed by atoms with E-state index >= 15 is 0 Å². The second-order valence-electron chi connectivity index (χ2n) is 5.83. The molecule has 0 atom stereocenters. The van der Waals surface area contributed by atoms with Gasteiger partial charge >= 0.3 is 0 Å². The molecule has 1 aliphatic heterocycles. The Kier molecular flexibility index (Phi) is 5.53. The van der Waals surface area contributed by atoms with Crippen LogP contribution in [0.5, 0.6) is 17.2 Å². The van der Waals surface area contributed by atoms with Crippen molar-refractivity contribution in [2.75, 3.05) is 34.4 Å². The van der Waals surface area contributed by atoms with E-state index < -0.39 is 0 Å². The third-order valence-corrected chi connectivity index (χ3v) is 4.05. The van der Waals surface area contributed by atoms with Gasteiger partial charge in [0.15, 0.2) is 0 Å². The number of methoxy groups -OCH3 is 3. The van der Waals surface area contributed by atoms with Crippen LogP contribution in [-0.2, 0) is 4.79 Å². The maximum Gasteiger partial charge on any atom is 0.225 e. The van der Waals surface area contributed by atoms with Crippen molar-refractivity contribution in [3.05, 3.63) is 23.8 Å². The van der Waals surface area contributed by atoms with E-state index in [1.807, 2.05) is 30.9 Å². The minimum Gasteiger partial charge on any atom is -0.496 e. The molecule has 0 saturated carbocycles. The first-order valence-corrected chi connectivity index (χ1v) is 7.80. The molecule has 23 heavy (non-hydrogen) atoms. The first-order valence-electron chi connectivity index (χ1n) is 7.80. The van der Waals surface area contributed by atoms with E-state index in [0.717, 1.165) is 29.1 Å². The lowest BCUT2D eigenvalue weighted by atomic mass is 9.96. The molecule has 1 aliphatic rings. The van der Waals surface area contributed by atoms with E-state index in [1.54, 1.807) is 21.3 Å². The van der Waals surface area contributed by atoms with Gasteiger partial charge in [-0.2, -0.15) is 0 Å². The fourth-order valence-corrected chi connectivity index (χ4v) is 2.78. The summed E-state index contributed by atoms with van der Waals surface area (Å²) in [5, 5.41) is 0. The summed E-state index contributed by atoms with van der Waals surface area (Å²) in [6, 6.07) is 3.70. The van der Waals surface area contributed by atoms with Crippen molar-refractivity contribution in [3.8, 4) is 17.2 Å². The van der Waals surface area contributed by atoms with Crippen LogP contribution in [0.3, 0.4) is 0 Å². The SMILES string of the molecule is COc1cc(OC)c(C2=CCN(C(=O)C(C)C)CC2)c(OC)c1. The highest BCUT2D eigenvalue weighted by atomic mass is 16.5. The number of amides is 1. The quantitative estimate of drug-likeness (QED) is 0.837. The van der Waals surface area contributed by atoms with Gasteiger partial charge in [0, 0.05) is 31.1 Å². The Balaban J connectivity index is 2.34. The fraction of sp³-hybridized carbons (Fsp3) is 0.500. The van der Waals surface area contributed by atoms with Gasteiger partial charge in [0.05, 0.1) is 26.9 Å². The molecule has 0 saturated heterocycles. The first-order chi connectivity index (χ1) is 11.0. The minimum atomic E-state index is 0.0232. The minimum absolute atomic E-state index is 0.0232. The van der Waals surface area contributed by atoms with E-state index in [1.165, 1.54) is 0 Å². The Hall–Kier alpha value is -2.17. The Labute approximate surface area is 137 Å². The average molecular weight is 319 g/mol. The molecular formula is C18H25NO4. The number of benzene rings is 1. The Morgan fingerprint density at radius 3 is 2.09 bits per heavy atom. The molecule has 1 heterocycles. The van der Waals surface area contributed by atoms with Gasteiger partial charge in [-0.05, 0) is 12.0 Å². The van der Waals surface area contributed by atoms with Crippen LogP contribution in [0.25, 0.3) is 5.57 Å². The van der Waals surface area contributed by atoms with Crippen LogP contribution in [0.1, 0.15) is 25.8 Å². The number of carbonyl (C=O) groups excluding carboxylic acids is 1. The maximum absolute atomic E-state index is 12.1.